The minimum atomic E-state index is 0.210. The van der Waals surface area contributed by atoms with Crippen LogP contribution >= 0.6 is 11.8 Å². The molecule has 0 bridgehead atoms. The summed E-state index contributed by atoms with van der Waals surface area (Å²) in [5.74, 6) is 0.210. The fourth-order valence-electron chi connectivity index (χ4n) is 3.15. The van der Waals surface area contributed by atoms with Gasteiger partial charge in [0.2, 0.25) is 5.91 Å². The van der Waals surface area contributed by atoms with Gasteiger partial charge in [0.05, 0.1) is 5.71 Å². The summed E-state index contributed by atoms with van der Waals surface area (Å²) in [5, 5.41) is 2.11. The number of hydrogen-bond donors (Lipinski definition) is 0. The minimum Gasteiger partial charge on any atom is -0.345 e. The van der Waals surface area contributed by atoms with Crippen molar-refractivity contribution in [2.45, 2.75) is 58.3 Å². The Morgan fingerprint density at radius 3 is 2.66 bits per heavy atom. The number of benzene rings is 1. The second-order valence-corrected chi connectivity index (χ2v) is 8.73. The Morgan fingerprint density at radius 2 is 1.94 bits per heavy atom. The van der Waals surface area contributed by atoms with E-state index < -0.39 is 0 Å². The highest BCUT2D eigenvalue weighted by molar-refractivity contribution is 8.02. The van der Waals surface area contributed by atoms with Crippen molar-refractivity contribution >= 4 is 23.4 Å². The predicted molar refractivity (Wildman–Crippen MR) is 137 cm³/mol. The van der Waals surface area contributed by atoms with Crippen molar-refractivity contribution in [2.75, 3.05) is 13.6 Å². The van der Waals surface area contributed by atoms with Crippen molar-refractivity contribution in [3.63, 3.8) is 0 Å². The molecule has 0 aliphatic carbocycles. The summed E-state index contributed by atoms with van der Waals surface area (Å²) in [6.45, 7) is 9.09. The van der Waals surface area contributed by atoms with Crippen LogP contribution in [0.3, 0.4) is 0 Å². The van der Waals surface area contributed by atoms with Gasteiger partial charge in [0, 0.05) is 54.5 Å². The maximum Gasteiger partial charge on any atom is 0.226 e. The predicted octanol–water partition coefficient (Wildman–Crippen LogP) is 6.60. The van der Waals surface area contributed by atoms with Crippen LogP contribution in [0.2, 0.25) is 0 Å². The first kappa shape index (κ1) is 25.6. The summed E-state index contributed by atoms with van der Waals surface area (Å²) in [5.41, 5.74) is 5.68. The fourth-order valence-corrected chi connectivity index (χ4v) is 3.97. The lowest BCUT2D eigenvalue weighted by Gasteiger charge is -2.15. The monoisotopic (exact) mass is 449 g/mol. The number of hydrogen-bond acceptors (Lipinski definition) is 4. The number of amides is 1. The Morgan fingerprint density at radius 1 is 1.16 bits per heavy atom. The second-order valence-electron chi connectivity index (χ2n) is 7.82. The van der Waals surface area contributed by atoms with E-state index >= 15 is 0 Å². The first-order valence-electron chi connectivity index (χ1n) is 11.2. The van der Waals surface area contributed by atoms with E-state index in [1.54, 1.807) is 16.7 Å². The van der Waals surface area contributed by atoms with E-state index in [1.165, 1.54) is 16.0 Å². The van der Waals surface area contributed by atoms with Crippen molar-refractivity contribution in [1.82, 2.24) is 9.88 Å². The van der Waals surface area contributed by atoms with Crippen molar-refractivity contribution < 1.29 is 4.79 Å². The average Bonchev–Trinajstić information content (AvgIpc) is 2.96. The maximum atomic E-state index is 11.3. The lowest BCUT2D eigenvalue weighted by molar-refractivity contribution is -0.129. The number of aryl methyl sites for hydroxylation is 1. The molecule has 1 aliphatic rings. The molecule has 0 radical (unpaired) electrons. The van der Waals surface area contributed by atoms with E-state index in [1.807, 2.05) is 45.3 Å². The molecule has 1 amide bonds. The maximum absolute atomic E-state index is 11.3. The Kier molecular flexibility index (Phi) is 10.9. The standard InChI is InChI=1S/C17H16N2S.C10H19NO/c1-12-6-5-9-18-15(12)10-16-14-7-3-4-8-17(14)20-11-13(2)19-16;1-4-6-8-10(12)11(3)9-7-5-2/h3-9,11H,10H2,1-2H3;4,6H,5,7-9H2,1-3H3/b;6-4-. The molecule has 1 aromatic heterocycles. The Bertz CT molecular complexity index is 978. The summed E-state index contributed by atoms with van der Waals surface area (Å²) in [6, 6.07) is 12.5. The number of carbonyl (C=O) groups excluding carboxylic acids is 1. The molecule has 0 N–H and O–H groups in total. The van der Waals surface area contributed by atoms with Gasteiger partial charge in [-0.1, -0.05) is 61.5 Å². The highest BCUT2D eigenvalue weighted by Crippen LogP contribution is 2.29. The van der Waals surface area contributed by atoms with Crippen LogP contribution in [0.1, 0.15) is 56.9 Å². The molecule has 32 heavy (non-hydrogen) atoms. The van der Waals surface area contributed by atoms with Gasteiger partial charge < -0.3 is 4.90 Å². The molecule has 4 nitrogen and oxygen atoms in total. The van der Waals surface area contributed by atoms with Crippen LogP contribution < -0.4 is 0 Å². The molecule has 0 spiro atoms. The van der Waals surface area contributed by atoms with Crippen LogP contribution in [0, 0.1) is 6.92 Å². The van der Waals surface area contributed by atoms with Gasteiger partial charge in [0.25, 0.3) is 0 Å². The molecule has 170 valence electrons. The van der Waals surface area contributed by atoms with E-state index in [2.05, 4.69) is 54.6 Å². The topological polar surface area (TPSA) is 45.6 Å². The van der Waals surface area contributed by atoms with Gasteiger partial charge in [-0.3, -0.25) is 14.8 Å². The molecule has 0 saturated carbocycles. The molecule has 5 heteroatoms. The summed E-state index contributed by atoms with van der Waals surface area (Å²) < 4.78 is 0. The zero-order valence-corrected chi connectivity index (χ0v) is 20.8. The SMILES string of the molecule is C/C=C\CC(=O)N(C)CCCC.CC1=CSc2ccccc2C(Cc2ncccc2C)=N1. The van der Waals surface area contributed by atoms with Crippen molar-refractivity contribution in [3.05, 3.63) is 82.7 Å². The number of fused-ring (bicyclic) bond motifs is 1. The third-order valence-electron chi connectivity index (χ3n) is 5.12. The van der Waals surface area contributed by atoms with Crippen LogP contribution in [0.25, 0.3) is 0 Å². The largest absolute Gasteiger partial charge is 0.345 e. The molecule has 2 aromatic rings. The van der Waals surface area contributed by atoms with Crippen LogP contribution in [-0.4, -0.2) is 35.1 Å². The van der Waals surface area contributed by atoms with E-state index in [9.17, 15) is 4.79 Å². The normalized spacial score (nSPS) is 12.8. The lowest BCUT2D eigenvalue weighted by Crippen LogP contribution is -2.26. The highest BCUT2D eigenvalue weighted by atomic mass is 32.2. The zero-order valence-electron chi connectivity index (χ0n) is 20.0. The molecule has 0 atom stereocenters. The number of thioether (sulfide) groups is 1. The van der Waals surface area contributed by atoms with Gasteiger partial charge in [0.1, 0.15) is 0 Å². The lowest BCUT2D eigenvalue weighted by atomic mass is 10.0. The number of aromatic nitrogens is 1. The van der Waals surface area contributed by atoms with Gasteiger partial charge >= 0.3 is 0 Å². The van der Waals surface area contributed by atoms with Gasteiger partial charge in [-0.05, 0) is 50.3 Å². The number of unbranched alkanes of at least 4 members (excludes halogenated alkanes) is 1. The Labute approximate surface area is 197 Å². The molecule has 0 fully saturated rings. The molecule has 0 unspecified atom stereocenters. The number of allylic oxidation sites excluding steroid dienone is 2. The van der Waals surface area contributed by atoms with E-state index in [0.29, 0.717) is 6.42 Å². The summed E-state index contributed by atoms with van der Waals surface area (Å²) >= 11 is 1.74. The van der Waals surface area contributed by atoms with Crippen LogP contribution in [0.4, 0.5) is 0 Å². The van der Waals surface area contributed by atoms with Gasteiger partial charge in [-0.25, -0.2) is 0 Å². The molecule has 1 aliphatic heterocycles. The van der Waals surface area contributed by atoms with Crippen LogP contribution in [-0.2, 0) is 11.2 Å². The van der Waals surface area contributed by atoms with E-state index in [-0.39, 0.29) is 5.91 Å². The summed E-state index contributed by atoms with van der Waals surface area (Å²) in [7, 11) is 1.86. The van der Waals surface area contributed by atoms with Crippen LogP contribution in [0.15, 0.2) is 75.7 Å². The number of rotatable bonds is 7. The summed E-state index contributed by atoms with van der Waals surface area (Å²) in [6.07, 6.45) is 9.20. The average molecular weight is 450 g/mol. The molecule has 2 heterocycles. The first-order valence-corrected chi connectivity index (χ1v) is 12.1. The van der Waals surface area contributed by atoms with Crippen molar-refractivity contribution in [2.24, 2.45) is 4.99 Å². The van der Waals surface area contributed by atoms with Crippen molar-refractivity contribution in [1.29, 1.82) is 0 Å². The van der Waals surface area contributed by atoms with E-state index in [0.717, 1.165) is 42.9 Å². The number of pyridine rings is 1. The summed E-state index contributed by atoms with van der Waals surface area (Å²) in [4.78, 5) is 23.6. The van der Waals surface area contributed by atoms with E-state index in [4.69, 9.17) is 4.99 Å². The van der Waals surface area contributed by atoms with Gasteiger partial charge in [-0.15, -0.1) is 0 Å². The first-order chi connectivity index (χ1) is 15.5. The number of aliphatic imine (C=N–C) groups is 1. The molecular formula is C27H35N3OS. The van der Waals surface area contributed by atoms with Gasteiger partial charge in [0.15, 0.2) is 0 Å². The molecule has 3 rings (SSSR count). The molecule has 0 saturated heterocycles. The molecular weight excluding hydrogens is 414 g/mol. The number of carbonyl (C=O) groups is 1. The van der Waals surface area contributed by atoms with Crippen molar-refractivity contribution in [3.8, 4) is 0 Å². The fraction of sp³-hybridized carbons (Fsp3) is 0.370. The molecule has 1 aromatic carbocycles. The third-order valence-corrected chi connectivity index (χ3v) is 6.19. The highest BCUT2D eigenvalue weighted by Gasteiger charge is 2.14. The smallest absolute Gasteiger partial charge is 0.226 e. The van der Waals surface area contributed by atoms with Gasteiger partial charge in [-0.2, -0.15) is 0 Å². The Balaban J connectivity index is 0.000000262. The van der Waals surface area contributed by atoms with Crippen LogP contribution in [0.5, 0.6) is 0 Å². The third kappa shape index (κ3) is 8.12. The zero-order chi connectivity index (χ0) is 23.3. The second kappa shape index (κ2) is 13.7. The number of nitrogens with zero attached hydrogens (tertiary/aromatic N) is 3. The Hall–Kier alpha value is -2.66. The minimum absolute atomic E-state index is 0.210. The quantitative estimate of drug-likeness (QED) is 0.447.